The molecule has 2 saturated heterocycles. The van der Waals surface area contributed by atoms with Gasteiger partial charge in [-0.05, 0) is 18.2 Å². The fourth-order valence-electron chi connectivity index (χ4n) is 4.63. The average Bonchev–Trinajstić information content (AvgIpc) is 2.89. The van der Waals surface area contributed by atoms with Crippen LogP contribution in [0.2, 0.25) is 0 Å². The molecule has 0 spiro atoms. The van der Waals surface area contributed by atoms with Gasteiger partial charge in [-0.3, -0.25) is 14.6 Å². The summed E-state index contributed by atoms with van der Waals surface area (Å²) in [6, 6.07) is 3.71. The Bertz CT molecular complexity index is 1350. The number of morpholine rings is 2. The standard InChI is InChI=1S/C25H28N2O9.2ClH/c28-17-2-1-14(11-18(17)29)24-23(33)22(32)19-21(31)15(12-26-3-7-34-8-4-26)20(30)16(25(19)36-24)13-27-5-9-35-10-6-27;;/h1-2,11,28-31,33H,3-10,12-13H2;2*1H. The summed E-state index contributed by atoms with van der Waals surface area (Å²) in [5, 5.41) is 52.6. The van der Waals surface area contributed by atoms with Crippen LogP contribution in [0.5, 0.6) is 28.7 Å². The zero-order valence-electron chi connectivity index (χ0n) is 20.4. The van der Waals surface area contributed by atoms with E-state index in [1.165, 1.54) is 12.1 Å². The molecule has 2 aromatic carbocycles. The molecule has 0 atom stereocenters. The quantitative estimate of drug-likeness (QED) is 0.286. The van der Waals surface area contributed by atoms with Crippen molar-refractivity contribution in [3.63, 3.8) is 0 Å². The first-order valence-corrected chi connectivity index (χ1v) is 11.7. The van der Waals surface area contributed by atoms with Crippen molar-refractivity contribution in [2.24, 2.45) is 0 Å². The highest BCUT2D eigenvalue weighted by Gasteiger charge is 2.29. The maximum Gasteiger partial charge on any atom is 0.238 e. The first-order chi connectivity index (χ1) is 17.3. The summed E-state index contributed by atoms with van der Waals surface area (Å²) in [5.41, 5.74) is -0.324. The molecule has 2 fully saturated rings. The molecular formula is C25H30Cl2N2O9. The molecular weight excluding hydrogens is 543 g/mol. The van der Waals surface area contributed by atoms with E-state index < -0.39 is 22.7 Å². The van der Waals surface area contributed by atoms with Gasteiger partial charge in [0.15, 0.2) is 22.8 Å². The first kappa shape index (κ1) is 29.6. The lowest BCUT2D eigenvalue weighted by Gasteiger charge is -2.29. The number of phenolic OH excluding ortho intramolecular Hbond substituents is 4. The Labute approximate surface area is 230 Å². The Morgan fingerprint density at radius 3 is 1.82 bits per heavy atom. The number of hydrogen-bond acceptors (Lipinski definition) is 11. The van der Waals surface area contributed by atoms with Crippen molar-refractivity contribution in [3.05, 3.63) is 39.5 Å². The Hall–Kier alpha value is -2.93. The van der Waals surface area contributed by atoms with Crippen molar-refractivity contribution in [2.45, 2.75) is 13.1 Å². The third-order valence-electron chi connectivity index (χ3n) is 6.67. The summed E-state index contributed by atoms with van der Waals surface area (Å²) >= 11 is 0. The lowest BCUT2D eigenvalue weighted by atomic mass is 9.99. The minimum absolute atomic E-state index is 0. The van der Waals surface area contributed by atoms with Crippen LogP contribution < -0.4 is 5.43 Å². The van der Waals surface area contributed by atoms with Crippen LogP contribution in [-0.4, -0.2) is 87.9 Å². The molecule has 1 aromatic heterocycles. The number of hydrogen-bond donors (Lipinski definition) is 5. The topological polar surface area (TPSA) is 156 Å². The number of nitrogens with zero attached hydrogens (tertiary/aromatic N) is 2. The highest BCUT2D eigenvalue weighted by atomic mass is 35.5. The molecule has 2 aliphatic heterocycles. The molecule has 0 radical (unpaired) electrons. The molecule has 0 aliphatic carbocycles. The fraction of sp³-hybridized carbons (Fsp3) is 0.400. The van der Waals surface area contributed by atoms with Gasteiger partial charge in [0.05, 0.1) is 37.6 Å². The summed E-state index contributed by atoms with van der Waals surface area (Å²) < 4.78 is 16.8. The van der Waals surface area contributed by atoms with Gasteiger partial charge in [0.25, 0.3) is 0 Å². The number of halogens is 2. The summed E-state index contributed by atoms with van der Waals surface area (Å²) in [6.07, 6.45) is 0. The SMILES string of the molecule is Cl.Cl.O=c1c(O)c(-c2ccc(O)c(O)c2)oc2c(CN3CCOCC3)c(O)c(CN3CCOCC3)c(O)c12. The second-order valence-corrected chi connectivity index (χ2v) is 8.95. The van der Waals surface area contributed by atoms with Crippen LogP contribution in [0.25, 0.3) is 22.3 Å². The molecule has 3 heterocycles. The van der Waals surface area contributed by atoms with Gasteiger partial charge in [0.2, 0.25) is 11.2 Å². The van der Waals surface area contributed by atoms with Crippen LogP contribution in [0.15, 0.2) is 27.4 Å². The number of aromatic hydroxyl groups is 5. The van der Waals surface area contributed by atoms with Crippen LogP contribution in [0.4, 0.5) is 0 Å². The van der Waals surface area contributed by atoms with E-state index in [1.54, 1.807) is 0 Å². The van der Waals surface area contributed by atoms with E-state index in [0.717, 1.165) is 6.07 Å². The van der Waals surface area contributed by atoms with Gasteiger partial charge >= 0.3 is 0 Å². The second kappa shape index (κ2) is 12.3. The largest absolute Gasteiger partial charge is 0.507 e. The molecule has 0 saturated carbocycles. The maximum absolute atomic E-state index is 13.4. The van der Waals surface area contributed by atoms with Gasteiger partial charge in [-0.15, -0.1) is 24.8 Å². The monoisotopic (exact) mass is 572 g/mol. The van der Waals surface area contributed by atoms with E-state index in [1.807, 2.05) is 9.80 Å². The van der Waals surface area contributed by atoms with E-state index in [-0.39, 0.29) is 77.3 Å². The minimum Gasteiger partial charge on any atom is -0.507 e. The predicted molar refractivity (Wildman–Crippen MR) is 143 cm³/mol. The van der Waals surface area contributed by atoms with Crippen LogP contribution in [0.3, 0.4) is 0 Å². The second-order valence-electron chi connectivity index (χ2n) is 8.95. The van der Waals surface area contributed by atoms with E-state index in [4.69, 9.17) is 13.9 Å². The van der Waals surface area contributed by atoms with Crippen molar-refractivity contribution in [1.82, 2.24) is 9.80 Å². The Morgan fingerprint density at radius 1 is 0.711 bits per heavy atom. The van der Waals surface area contributed by atoms with Crippen LogP contribution in [0, 0.1) is 0 Å². The van der Waals surface area contributed by atoms with Gasteiger partial charge in [0.1, 0.15) is 16.9 Å². The molecule has 0 amide bonds. The molecule has 3 aromatic rings. The van der Waals surface area contributed by atoms with Crippen molar-refractivity contribution in [3.8, 4) is 40.1 Å². The average molecular weight is 573 g/mol. The molecule has 0 unspecified atom stereocenters. The van der Waals surface area contributed by atoms with E-state index in [2.05, 4.69) is 0 Å². The normalized spacial score (nSPS) is 16.6. The van der Waals surface area contributed by atoms with Gasteiger partial charge in [-0.25, -0.2) is 0 Å². The molecule has 11 nitrogen and oxygen atoms in total. The Morgan fingerprint density at radius 2 is 1.26 bits per heavy atom. The molecule has 208 valence electrons. The van der Waals surface area contributed by atoms with Crippen LogP contribution in [0.1, 0.15) is 11.1 Å². The summed E-state index contributed by atoms with van der Waals surface area (Å²) in [4.78, 5) is 17.4. The minimum atomic E-state index is -0.872. The predicted octanol–water partition coefficient (Wildman–Crippen LogP) is 2.50. The Balaban J connectivity index is 0.00000200. The van der Waals surface area contributed by atoms with E-state index in [9.17, 15) is 30.3 Å². The summed E-state index contributed by atoms with van der Waals surface area (Å²) in [7, 11) is 0. The van der Waals surface area contributed by atoms with Gasteiger partial charge < -0.3 is 39.4 Å². The van der Waals surface area contributed by atoms with Crippen LogP contribution in [-0.2, 0) is 22.6 Å². The first-order valence-electron chi connectivity index (χ1n) is 11.7. The number of rotatable bonds is 5. The third kappa shape index (κ3) is 5.58. The van der Waals surface area contributed by atoms with Crippen molar-refractivity contribution < 1.29 is 39.4 Å². The molecule has 38 heavy (non-hydrogen) atoms. The van der Waals surface area contributed by atoms with Gasteiger partial charge in [-0.2, -0.15) is 0 Å². The molecule has 5 N–H and O–H groups in total. The van der Waals surface area contributed by atoms with Gasteiger partial charge in [0, 0.05) is 44.8 Å². The van der Waals surface area contributed by atoms with Crippen LogP contribution >= 0.6 is 24.8 Å². The van der Waals surface area contributed by atoms with Crippen molar-refractivity contribution in [1.29, 1.82) is 0 Å². The summed E-state index contributed by atoms with van der Waals surface area (Å²) in [6.45, 7) is 4.85. The summed E-state index contributed by atoms with van der Waals surface area (Å²) in [5.74, 6) is -2.50. The molecule has 5 rings (SSSR count). The lowest BCUT2D eigenvalue weighted by molar-refractivity contribution is 0.0326. The van der Waals surface area contributed by atoms with E-state index in [0.29, 0.717) is 58.2 Å². The fourth-order valence-corrected chi connectivity index (χ4v) is 4.63. The maximum atomic E-state index is 13.4. The number of phenols is 4. The number of ether oxygens (including phenoxy) is 2. The smallest absolute Gasteiger partial charge is 0.238 e. The zero-order chi connectivity index (χ0) is 25.4. The molecule has 13 heteroatoms. The Kier molecular flexibility index (Phi) is 9.58. The highest BCUT2D eigenvalue weighted by Crippen LogP contribution is 2.43. The van der Waals surface area contributed by atoms with Gasteiger partial charge in [-0.1, -0.05) is 0 Å². The molecule has 2 aliphatic rings. The van der Waals surface area contributed by atoms with Crippen molar-refractivity contribution in [2.75, 3.05) is 52.6 Å². The van der Waals surface area contributed by atoms with E-state index >= 15 is 0 Å². The zero-order valence-corrected chi connectivity index (χ0v) is 22.0. The lowest BCUT2D eigenvalue weighted by Crippen LogP contribution is -2.36. The highest BCUT2D eigenvalue weighted by molar-refractivity contribution is 5.92. The number of fused-ring (bicyclic) bond motifs is 1. The molecule has 0 bridgehead atoms. The third-order valence-corrected chi connectivity index (χ3v) is 6.67. The van der Waals surface area contributed by atoms with Crippen molar-refractivity contribution >= 4 is 35.8 Å². The number of benzene rings is 2.